The molecule has 1 rings (SSSR count). The predicted molar refractivity (Wildman–Crippen MR) is 77.1 cm³/mol. The van der Waals surface area contributed by atoms with E-state index in [0.29, 0.717) is 0 Å². The third-order valence-electron chi connectivity index (χ3n) is 4.39. The van der Waals surface area contributed by atoms with Gasteiger partial charge in [-0.15, -0.1) is 0 Å². The first-order chi connectivity index (χ1) is 9.08. The Labute approximate surface area is 121 Å². The lowest BCUT2D eigenvalue weighted by Gasteiger charge is -2.41. The average Bonchev–Trinajstić information content (AvgIpc) is 2.31. The second-order valence-electron chi connectivity index (χ2n) is 6.46. The van der Waals surface area contributed by atoms with Crippen LogP contribution in [-0.2, 0) is 14.3 Å². The average molecular weight is 282 g/mol. The standard InChI is InChI=1S/C16H26O4/c1-9(11(3)17)15(19)14-10(2)13(20-12(4)18)7-8-16(14,5)6/h9,13,15,19H,7-8H2,1-6H3/t9-,13+,15+/m0/s1. The Balaban J connectivity index is 3.18. The highest BCUT2D eigenvalue weighted by Gasteiger charge is 2.40. The van der Waals surface area contributed by atoms with Gasteiger partial charge in [-0.2, -0.15) is 0 Å². The Morgan fingerprint density at radius 1 is 1.35 bits per heavy atom. The van der Waals surface area contributed by atoms with Gasteiger partial charge in [-0.25, -0.2) is 0 Å². The number of hydrogen-bond acceptors (Lipinski definition) is 4. The maximum Gasteiger partial charge on any atom is 0.303 e. The number of rotatable bonds is 4. The van der Waals surface area contributed by atoms with E-state index in [0.717, 1.165) is 24.0 Å². The summed E-state index contributed by atoms with van der Waals surface area (Å²) in [6, 6.07) is 0. The summed E-state index contributed by atoms with van der Waals surface area (Å²) >= 11 is 0. The van der Waals surface area contributed by atoms with Crippen LogP contribution in [0.1, 0.15) is 54.4 Å². The van der Waals surface area contributed by atoms with E-state index in [2.05, 4.69) is 13.8 Å². The molecule has 0 aromatic carbocycles. The SMILES string of the molecule is CC(=O)O[C@@H]1CCC(C)(C)C([C@H](O)[C@@H](C)C(C)=O)=C1C. The van der Waals surface area contributed by atoms with Crippen molar-refractivity contribution in [2.24, 2.45) is 11.3 Å². The maximum absolute atomic E-state index is 11.5. The maximum atomic E-state index is 11.5. The van der Waals surface area contributed by atoms with E-state index in [4.69, 9.17) is 4.74 Å². The van der Waals surface area contributed by atoms with Gasteiger partial charge < -0.3 is 9.84 Å². The Kier molecular flexibility index (Phi) is 5.14. The highest BCUT2D eigenvalue weighted by molar-refractivity contribution is 5.79. The zero-order valence-electron chi connectivity index (χ0n) is 13.3. The van der Waals surface area contributed by atoms with Crippen LogP contribution in [0.25, 0.3) is 0 Å². The number of carbonyl (C=O) groups excluding carboxylic acids is 2. The van der Waals surface area contributed by atoms with Crippen molar-refractivity contribution in [1.29, 1.82) is 0 Å². The molecule has 0 radical (unpaired) electrons. The minimum atomic E-state index is -0.819. The van der Waals surface area contributed by atoms with Gasteiger partial charge in [0.05, 0.1) is 6.10 Å². The third-order valence-corrected chi connectivity index (χ3v) is 4.39. The molecular formula is C16H26O4. The molecule has 0 aromatic rings. The number of aliphatic hydroxyl groups excluding tert-OH is 1. The van der Waals surface area contributed by atoms with Gasteiger partial charge in [0, 0.05) is 12.8 Å². The highest BCUT2D eigenvalue weighted by atomic mass is 16.5. The van der Waals surface area contributed by atoms with E-state index >= 15 is 0 Å². The molecule has 0 spiro atoms. The fourth-order valence-corrected chi connectivity index (χ4v) is 3.00. The van der Waals surface area contributed by atoms with E-state index in [-0.39, 0.29) is 23.3 Å². The first-order valence-corrected chi connectivity index (χ1v) is 7.14. The van der Waals surface area contributed by atoms with Crippen molar-refractivity contribution < 1.29 is 19.4 Å². The largest absolute Gasteiger partial charge is 0.458 e. The van der Waals surface area contributed by atoms with E-state index in [1.807, 2.05) is 6.92 Å². The van der Waals surface area contributed by atoms with Crippen molar-refractivity contribution in [1.82, 2.24) is 0 Å². The summed E-state index contributed by atoms with van der Waals surface area (Å²) in [6.45, 7) is 10.6. The number of ether oxygens (including phenoxy) is 1. The molecule has 0 saturated heterocycles. The summed E-state index contributed by atoms with van der Waals surface area (Å²) in [4.78, 5) is 22.7. The van der Waals surface area contributed by atoms with Gasteiger partial charge in [-0.05, 0) is 43.3 Å². The fourth-order valence-electron chi connectivity index (χ4n) is 3.00. The van der Waals surface area contributed by atoms with Gasteiger partial charge in [-0.1, -0.05) is 20.8 Å². The molecule has 0 amide bonds. The molecule has 0 fully saturated rings. The van der Waals surface area contributed by atoms with Crippen molar-refractivity contribution in [3.63, 3.8) is 0 Å². The van der Waals surface area contributed by atoms with Crippen LogP contribution in [-0.4, -0.2) is 29.1 Å². The molecule has 0 bridgehead atoms. The molecule has 1 N–H and O–H groups in total. The minimum absolute atomic E-state index is 0.0387. The van der Waals surface area contributed by atoms with Gasteiger partial charge in [0.25, 0.3) is 0 Å². The molecule has 0 saturated carbocycles. The van der Waals surface area contributed by atoms with Crippen molar-refractivity contribution in [2.45, 2.75) is 66.6 Å². The normalized spacial score (nSPS) is 25.1. The van der Waals surface area contributed by atoms with Gasteiger partial charge in [-0.3, -0.25) is 9.59 Å². The zero-order valence-corrected chi connectivity index (χ0v) is 13.3. The minimum Gasteiger partial charge on any atom is -0.458 e. The van der Waals surface area contributed by atoms with E-state index in [1.54, 1.807) is 6.92 Å². The molecule has 0 aromatic heterocycles. The topological polar surface area (TPSA) is 63.6 Å². The molecule has 1 aliphatic carbocycles. The fraction of sp³-hybridized carbons (Fsp3) is 0.750. The van der Waals surface area contributed by atoms with Crippen LogP contribution in [0.4, 0.5) is 0 Å². The lowest BCUT2D eigenvalue weighted by atomic mass is 9.67. The predicted octanol–water partition coefficient (Wildman–Crippen LogP) is 2.64. The summed E-state index contributed by atoms with van der Waals surface area (Å²) < 4.78 is 5.32. The molecule has 0 unspecified atom stereocenters. The van der Waals surface area contributed by atoms with E-state index in [1.165, 1.54) is 13.8 Å². The van der Waals surface area contributed by atoms with Crippen LogP contribution in [0.5, 0.6) is 0 Å². The molecule has 114 valence electrons. The summed E-state index contributed by atoms with van der Waals surface area (Å²) in [7, 11) is 0. The van der Waals surface area contributed by atoms with Gasteiger partial charge in [0.15, 0.2) is 0 Å². The Morgan fingerprint density at radius 2 is 1.90 bits per heavy atom. The van der Waals surface area contributed by atoms with Gasteiger partial charge >= 0.3 is 5.97 Å². The van der Waals surface area contributed by atoms with Crippen LogP contribution in [0.2, 0.25) is 0 Å². The van der Waals surface area contributed by atoms with Crippen LogP contribution in [0, 0.1) is 11.3 Å². The van der Waals surface area contributed by atoms with Crippen molar-refractivity contribution in [3.05, 3.63) is 11.1 Å². The highest BCUT2D eigenvalue weighted by Crippen LogP contribution is 2.44. The molecule has 0 heterocycles. The van der Waals surface area contributed by atoms with Gasteiger partial charge in [0.2, 0.25) is 0 Å². The lowest BCUT2D eigenvalue weighted by molar-refractivity contribution is -0.145. The van der Waals surface area contributed by atoms with Crippen LogP contribution < -0.4 is 0 Å². The Hall–Kier alpha value is -1.16. The second-order valence-corrected chi connectivity index (χ2v) is 6.46. The molecule has 1 aliphatic rings. The van der Waals surface area contributed by atoms with E-state index in [9.17, 15) is 14.7 Å². The van der Waals surface area contributed by atoms with Crippen molar-refractivity contribution in [3.8, 4) is 0 Å². The number of ketones is 1. The van der Waals surface area contributed by atoms with Crippen LogP contribution >= 0.6 is 0 Å². The van der Waals surface area contributed by atoms with Gasteiger partial charge in [0.1, 0.15) is 11.9 Å². The molecule has 20 heavy (non-hydrogen) atoms. The molecule has 4 heteroatoms. The van der Waals surface area contributed by atoms with Crippen molar-refractivity contribution in [2.75, 3.05) is 0 Å². The summed E-state index contributed by atoms with van der Waals surface area (Å²) in [5.41, 5.74) is 1.54. The molecule has 0 aliphatic heterocycles. The monoisotopic (exact) mass is 282 g/mol. The number of esters is 1. The van der Waals surface area contributed by atoms with E-state index < -0.39 is 12.0 Å². The summed E-state index contributed by atoms with van der Waals surface area (Å²) in [5.74, 6) is -0.805. The molecule has 3 atom stereocenters. The third kappa shape index (κ3) is 3.48. The molecule has 4 nitrogen and oxygen atoms in total. The lowest BCUT2D eigenvalue weighted by Crippen LogP contribution is -2.39. The van der Waals surface area contributed by atoms with Crippen LogP contribution in [0.3, 0.4) is 0 Å². The quantitative estimate of drug-likeness (QED) is 0.636. The first-order valence-electron chi connectivity index (χ1n) is 7.14. The van der Waals surface area contributed by atoms with Crippen LogP contribution in [0.15, 0.2) is 11.1 Å². The Bertz CT molecular complexity index is 434. The molecular weight excluding hydrogens is 256 g/mol. The summed E-state index contributed by atoms with van der Waals surface area (Å²) in [6.07, 6.45) is 0.466. The smallest absolute Gasteiger partial charge is 0.303 e. The number of Topliss-reactive ketones (excluding diaryl/α,β-unsaturated/α-hetero) is 1. The van der Waals surface area contributed by atoms with Crippen molar-refractivity contribution >= 4 is 11.8 Å². The number of aliphatic hydroxyl groups is 1. The Morgan fingerprint density at radius 3 is 2.35 bits per heavy atom. The second kappa shape index (κ2) is 6.08. The zero-order chi connectivity index (χ0) is 15.7. The number of hydrogen-bond donors (Lipinski definition) is 1. The summed E-state index contributed by atoms with van der Waals surface area (Å²) in [5, 5.41) is 10.6. The first kappa shape index (κ1) is 16.9. The number of carbonyl (C=O) groups is 2.